The van der Waals surface area contributed by atoms with Crippen molar-refractivity contribution in [1.29, 1.82) is 0 Å². The van der Waals surface area contributed by atoms with E-state index in [0.29, 0.717) is 6.54 Å². The molecule has 0 unspecified atom stereocenters. The molecule has 6 heteroatoms. The maximum absolute atomic E-state index is 11.9. The van der Waals surface area contributed by atoms with Crippen LogP contribution in [0.2, 0.25) is 0 Å². The Morgan fingerprint density at radius 3 is 2.67 bits per heavy atom. The number of hydrogen-bond donors (Lipinski definition) is 2. The van der Waals surface area contributed by atoms with Crippen molar-refractivity contribution in [3.8, 4) is 5.75 Å². The third-order valence-electron chi connectivity index (χ3n) is 4.05. The summed E-state index contributed by atoms with van der Waals surface area (Å²) in [6.45, 7) is 5.76. The number of rotatable bonds is 6. The van der Waals surface area contributed by atoms with Crippen LogP contribution in [0.5, 0.6) is 5.75 Å². The van der Waals surface area contributed by atoms with Crippen molar-refractivity contribution in [2.24, 2.45) is 0 Å². The molecule has 0 aliphatic carbocycles. The van der Waals surface area contributed by atoms with Crippen LogP contribution in [0.25, 0.3) is 10.8 Å². The highest BCUT2D eigenvalue weighted by Gasteiger charge is 2.09. The number of nitrogens with zero attached hydrogens (tertiary/aromatic N) is 1. The molecule has 2 aromatic rings. The van der Waals surface area contributed by atoms with Crippen LogP contribution in [0.4, 0.5) is 0 Å². The molecule has 1 fully saturated rings. The molecule has 1 aliphatic heterocycles. The van der Waals surface area contributed by atoms with E-state index in [4.69, 9.17) is 4.74 Å². The number of carbonyl (C=O) groups is 1. The van der Waals surface area contributed by atoms with Crippen LogP contribution >= 0.6 is 12.4 Å². The van der Waals surface area contributed by atoms with E-state index in [1.165, 1.54) is 5.39 Å². The molecule has 5 nitrogen and oxygen atoms in total. The Labute approximate surface area is 148 Å². The van der Waals surface area contributed by atoms with Gasteiger partial charge in [-0.15, -0.1) is 12.4 Å². The normalized spacial score (nSPS) is 14.8. The number of carbonyl (C=O) groups excluding carboxylic acids is 1. The third-order valence-corrected chi connectivity index (χ3v) is 4.05. The fourth-order valence-electron chi connectivity index (χ4n) is 2.75. The molecule has 0 atom stereocenters. The number of halogens is 1. The molecular weight excluding hydrogens is 326 g/mol. The van der Waals surface area contributed by atoms with Crippen LogP contribution in [0, 0.1) is 0 Å². The molecule has 24 heavy (non-hydrogen) atoms. The molecule has 2 aromatic carbocycles. The van der Waals surface area contributed by atoms with Gasteiger partial charge in [-0.3, -0.25) is 9.69 Å². The first kappa shape index (κ1) is 18.5. The Kier molecular flexibility index (Phi) is 7.31. The SMILES string of the molecule is Cl.O=C(COc1ccc2ccccc2c1)NCCN1CCNCC1. The molecule has 0 saturated carbocycles. The van der Waals surface area contributed by atoms with Gasteiger partial charge in [-0.1, -0.05) is 30.3 Å². The number of hydrogen-bond acceptors (Lipinski definition) is 4. The van der Waals surface area contributed by atoms with E-state index in [9.17, 15) is 4.79 Å². The average Bonchev–Trinajstić information content (AvgIpc) is 2.61. The van der Waals surface area contributed by atoms with Crippen molar-refractivity contribution in [2.45, 2.75) is 0 Å². The summed E-state index contributed by atoms with van der Waals surface area (Å²) in [5.41, 5.74) is 0. The predicted octanol–water partition coefficient (Wildman–Crippen LogP) is 1.66. The summed E-state index contributed by atoms with van der Waals surface area (Å²) in [4.78, 5) is 14.2. The number of ether oxygens (including phenoxy) is 1. The minimum atomic E-state index is -0.0757. The number of fused-ring (bicyclic) bond motifs is 1. The first-order chi connectivity index (χ1) is 11.3. The molecule has 0 aromatic heterocycles. The summed E-state index contributed by atoms with van der Waals surface area (Å²) < 4.78 is 5.58. The topological polar surface area (TPSA) is 53.6 Å². The Balaban J connectivity index is 0.00000208. The van der Waals surface area contributed by atoms with Gasteiger partial charge >= 0.3 is 0 Å². The summed E-state index contributed by atoms with van der Waals surface area (Å²) in [5, 5.41) is 8.51. The smallest absolute Gasteiger partial charge is 0.257 e. The number of piperazine rings is 1. The number of amides is 1. The lowest BCUT2D eigenvalue weighted by molar-refractivity contribution is -0.123. The molecule has 2 N–H and O–H groups in total. The van der Waals surface area contributed by atoms with E-state index in [-0.39, 0.29) is 24.9 Å². The fraction of sp³-hybridized carbons (Fsp3) is 0.389. The molecule has 1 aliphatic rings. The van der Waals surface area contributed by atoms with E-state index in [1.54, 1.807) is 0 Å². The highest BCUT2D eigenvalue weighted by Crippen LogP contribution is 2.20. The van der Waals surface area contributed by atoms with Crippen LogP contribution < -0.4 is 15.4 Å². The molecule has 0 bridgehead atoms. The summed E-state index contributed by atoms with van der Waals surface area (Å²) in [6, 6.07) is 14.0. The van der Waals surface area contributed by atoms with E-state index in [1.807, 2.05) is 36.4 Å². The third kappa shape index (κ3) is 5.37. The standard InChI is InChI=1S/C18H23N3O2.ClH/c22-18(20-9-12-21-10-7-19-8-11-21)14-23-17-6-5-15-3-1-2-4-16(15)13-17;/h1-6,13,19H,7-12,14H2,(H,20,22);1H. The van der Waals surface area contributed by atoms with Crippen LogP contribution in [-0.4, -0.2) is 56.7 Å². The van der Waals surface area contributed by atoms with Gasteiger partial charge in [0, 0.05) is 39.3 Å². The van der Waals surface area contributed by atoms with Gasteiger partial charge < -0.3 is 15.4 Å². The number of benzene rings is 2. The van der Waals surface area contributed by atoms with Gasteiger partial charge in [-0.2, -0.15) is 0 Å². The minimum Gasteiger partial charge on any atom is -0.484 e. The summed E-state index contributed by atoms with van der Waals surface area (Å²) in [6.07, 6.45) is 0. The molecular formula is C18H24ClN3O2. The van der Waals surface area contributed by atoms with Crippen LogP contribution in [0.15, 0.2) is 42.5 Å². The van der Waals surface area contributed by atoms with Gasteiger partial charge in [0.25, 0.3) is 5.91 Å². The zero-order valence-corrected chi connectivity index (χ0v) is 14.5. The maximum Gasteiger partial charge on any atom is 0.257 e. The maximum atomic E-state index is 11.9. The quantitative estimate of drug-likeness (QED) is 0.833. The Morgan fingerprint density at radius 1 is 1.12 bits per heavy atom. The molecule has 1 heterocycles. The fourth-order valence-corrected chi connectivity index (χ4v) is 2.75. The first-order valence-corrected chi connectivity index (χ1v) is 8.13. The van der Waals surface area contributed by atoms with Gasteiger partial charge in [0.1, 0.15) is 5.75 Å². The predicted molar refractivity (Wildman–Crippen MR) is 99.0 cm³/mol. The molecule has 3 rings (SSSR count). The van der Waals surface area contributed by atoms with E-state index >= 15 is 0 Å². The van der Waals surface area contributed by atoms with Gasteiger partial charge in [0.15, 0.2) is 6.61 Å². The van der Waals surface area contributed by atoms with Crippen molar-refractivity contribution >= 4 is 29.1 Å². The highest BCUT2D eigenvalue weighted by molar-refractivity contribution is 5.85. The van der Waals surface area contributed by atoms with Crippen LogP contribution in [0.1, 0.15) is 0 Å². The van der Waals surface area contributed by atoms with E-state index in [0.717, 1.165) is 43.9 Å². The average molecular weight is 350 g/mol. The second-order valence-electron chi connectivity index (χ2n) is 5.74. The molecule has 1 amide bonds. The van der Waals surface area contributed by atoms with E-state index < -0.39 is 0 Å². The molecule has 0 radical (unpaired) electrons. The summed E-state index contributed by atoms with van der Waals surface area (Å²) in [5.74, 6) is 0.647. The lowest BCUT2D eigenvalue weighted by Gasteiger charge is -2.27. The lowest BCUT2D eigenvalue weighted by atomic mass is 10.1. The van der Waals surface area contributed by atoms with Crippen molar-refractivity contribution < 1.29 is 9.53 Å². The summed E-state index contributed by atoms with van der Waals surface area (Å²) in [7, 11) is 0. The summed E-state index contributed by atoms with van der Waals surface area (Å²) >= 11 is 0. The Bertz CT molecular complexity index is 660. The van der Waals surface area contributed by atoms with Crippen molar-refractivity contribution in [3.05, 3.63) is 42.5 Å². The van der Waals surface area contributed by atoms with E-state index in [2.05, 4.69) is 21.6 Å². The van der Waals surface area contributed by atoms with Gasteiger partial charge in [-0.25, -0.2) is 0 Å². The van der Waals surface area contributed by atoms with Crippen molar-refractivity contribution in [1.82, 2.24) is 15.5 Å². The Hall–Kier alpha value is -1.82. The van der Waals surface area contributed by atoms with Crippen LogP contribution in [-0.2, 0) is 4.79 Å². The van der Waals surface area contributed by atoms with Crippen molar-refractivity contribution in [2.75, 3.05) is 45.9 Å². The minimum absolute atomic E-state index is 0. The molecule has 130 valence electrons. The number of nitrogens with one attached hydrogen (secondary N) is 2. The second-order valence-corrected chi connectivity index (χ2v) is 5.74. The Morgan fingerprint density at radius 2 is 1.88 bits per heavy atom. The highest BCUT2D eigenvalue weighted by atomic mass is 35.5. The lowest BCUT2D eigenvalue weighted by Crippen LogP contribution is -2.46. The zero-order chi connectivity index (χ0) is 15.9. The second kappa shape index (κ2) is 9.47. The van der Waals surface area contributed by atoms with Gasteiger partial charge in [0.05, 0.1) is 0 Å². The molecule has 0 spiro atoms. The monoisotopic (exact) mass is 349 g/mol. The van der Waals surface area contributed by atoms with Crippen molar-refractivity contribution in [3.63, 3.8) is 0 Å². The van der Waals surface area contributed by atoms with Gasteiger partial charge in [-0.05, 0) is 22.9 Å². The largest absolute Gasteiger partial charge is 0.484 e. The zero-order valence-electron chi connectivity index (χ0n) is 13.7. The van der Waals surface area contributed by atoms with Crippen LogP contribution in [0.3, 0.4) is 0 Å². The molecule has 1 saturated heterocycles. The first-order valence-electron chi connectivity index (χ1n) is 8.13. The van der Waals surface area contributed by atoms with Gasteiger partial charge in [0.2, 0.25) is 0 Å².